The summed E-state index contributed by atoms with van der Waals surface area (Å²) in [5.74, 6) is -1.08. The van der Waals surface area contributed by atoms with Crippen LogP contribution >= 0.6 is 11.3 Å². The van der Waals surface area contributed by atoms with Crippen molar-refractivity contribution in [3.63, 3.8) is 0 Å². The summed E-state index contributed by atoms with van der Waals surface area (Å²) in [5, 5.41) is 0.295. The van der Waals surface area contributed by atoms with Gasteiger partial charge < -0.3 is 14.2 Å². The molecule has 1 aromatic carbocycles. The van der Waals surface area contributed by atoms with Gasteiger partial charge in [0.15, 0.2) is 0 Å². The van der Waals surface area contributed by atoms with Gasteiger partial charge in [-0.25, -0.2) is 14.6 Å². The monoisotopic (exact) mass is 430 g/mol. The molecule has 0 amide bonds. The maximum absolute atomic E-state index is 13.0. The van der Waals surface area contributed by atoms with Crippen LogP contribution in [0.1, 0.15) is 33.8 Å². The molecule has 0 aliphatic heterocycles. The quantitative estimate of drug-likeness (QED) is 0.400. The maximum atomic E-state index is 13.0. The van der Waals surface area contributed by atoms with Gasteiger partial charge in [0.2, 0.25) is 0 Å². The molecule has 0 unspecified atom stereocenters. The van der Waals surface area contributed by atoms with Crippen molar-refractivity contribution in [3.05, 3.63) is 63.0 Å². The number of aromatic nitrogens is 2. The van der Waals surface area contributed by atoms with Crippen molar-refractivity contribution in [2.75, 3.05) is 20.3 Å². The van der Waals surface area contributed by atoms with Crippen LogP contribution < -0.4 is 5.56 Å². The molecule has 1 atom stereocenters. The topological polar surface area (TPSA) is 96.7 Å². The van der Waals surface area contributed by atoms with E-state index in [2.05, 4.69) is 4.98 Å². The minimum atomic E-state index is -0.866. The number of thiophene rings is 1. The van der Waals surface area contributed by atoms with E-state index < -0.39 is 23.5 Å². The van der Waals surface area contributed by atoms with Gasteiger partial charge in [0, 0.05) is 7.11 Å². The number of rotatable bonds is 8. The normalized spacial score (nSPS) is 12.0. The molecule has 2 aromatic heterocycles. The van der Waals surface area contributed by atoms with Crippen LogP contribution in [0.15, 0.2) is 41.5 Å². The average Bonchev–Trinajstić information content (AvgIpc) is 3.10. The fourth-order valence-electron chi connectivity index (χ4n) is 2.85. The molecule has 30 heavy (non-hydrogen) atoms. The minimum Gasteiger partial charge on any atom is -0.459 e. The molecule has 0 saturated heterocycles. The molecular formula is C21H22N2O6S. The molecule has 0 bridgehead atoms. The van der Waals surface area contributed by atoms with E-state index in [4.69, 9.17) is 14.2 Å². The summed E-state index contributed by atoms with van der Waals surface area (Å²) in [6.45, 7) is 3.75. The lowest BCUT2D eigenvalue weighted by Gasteiger charge is -2.14. The van der Waals surface area contributed by atoms with Gasteiger partial charge in [-0.05, 0) is 25.0 Å². The second-order valence-electron chi connectivity index (χ2n) is 6.59. The van der Waals surface area contributed by atoms with E-state index in [1.165, 1.54) is 18.0 Å². The fourth-order valence-corrected chi connectivity index (χ4v) is 3.89. The number of ether oxygens (including phenoxy) is 3. The summed E-state index contributed by atoms with van der Waals surface area (Å²) in [5.41, 5.74) is 0.923. The number of hydrogen-bond donors (Lipinski definition) is 0. The van der Waals surface area contributed by atoms with Crippen molar-refractivity contribution in [3.8, 4) is 0 Å². The predicted octanol–water partition coefficient (Wildman–Crippen LogP) is 2.87. The highest BCUT2D eigenvalue weighted by Crippen LogP contribution is 2.28. The highest BCUT2D eigenvalue weighted by Gasteiger charge is 2.24. The highest BCUT2D eigenvalue weighted by atomic mass is 32.1. The summed E-state index contributed by atoms with van der Waals surface area (Å²) in [6, 6.07) is 8.41. The average molecular weight is 430 g/mol. The van der Waals surface area contributed by atoms with E-state index >= 15 is 0 Å². The van der Waals surface area contributed by atoms with Gasteiger partial charge in [0.05, 0.1) is 18.3 Å². The molecule has 158 valence electrons. The second-order valence-corrected chi connectivity index (χ2v) is 7.59. The van der Waals surface area contributed by atoms with Crippen LogP contribution in [0.25, 0.3) is 10.2 Å². The molecule has 0 fully saturated rings. The van der Waals surface area contributed by atoms with E-state index in [-0.39, 0.29) is 19.8 Å². The molecule has 0 aliphatic carbocycles. The molecular weight excluding hydrogens is 408 g/mol. The number of nitrogens with zero attached hydrogens (tertiary/aromatic N) is 2. The molecule has 3 aromatic rings. The highest BCUT2D eigenvalue weighted by molar-refractivity contribution is 7.20. The first-order valence-electron chi connectivity index (χ1n) is 9.31. The number of carbonyl (C=O) groups excluding carboxylic acids is 2. The Bertz CT molecular complexity index is 1110. The van der Waals surface area contributed by atoms with E-state index in [1.807, 2.05) is 30.3 Å². The fraction of sp³-hybridized carbons (Fsp3) is 0.333. The van der Waals surface area contributed by atoms with E-state index in [0.29, 0.717) is 20.7 Å². The number of aryl methyl sites for hydroxylation is 1. The summed E-state index contributed by atoms with van der Waals surface area (Å²) >= 11 is 1.08. The second kappa shape index (κ2) is 9.64. The number of hydrogen-bond acceptors (Lipinski definition) is 8. The lowest BCUT2D eigenvalue weighted by atomic mass is 10.2. The first-order chi connectivity index (χ1) is 14.4. The third-order valence-electron chi connectivity index (χ3n) is 4.56. The van der Waals surface area contributed by atoms with E-state index in [0.717, 1.165) is 16.9 Å². The van der Waals surface area contributed by atoms with Gasteiger partial charge in [-0.15, -0.1) is 11.3 Å². The first kappa shape index (κ1) is 21.7. The summed E-state index contributed by atoms with van der Waals surface area (Å²) < 4.78 is 16.6. The third-order valence-corrected chi connectivity index (χ3v) is 5.74. The minimum absolute atomic E-state index is 0.114. The number of benzene rings is 1. The van der Waals surface area contributed by atoms with Gasteiger partial charge in [-0.1, -0.05) is 30.3 Å². The van der Waals surface area contributed by atoms with Crippen LogP contribution in [0.5, 0.6) is 0 Å². The van der Waals surface area contributed by atoms with Gasteiger partial charge in [-0.2, -0.15) is 0 Å². The molecule has 8 nitrogen and oxygen atoms in total. The van der Waals surface area contributed by atoms with Crippen LogP contribution in [0.4, 0.5) is 0 Å². The molecule has 2 heterocycles. The van der Waals surface area contributed by atoms with Gasteiger partial charge in [0.25, 0.3) is 5.56 Å². The van der Waals surface area contributed by atoms with Crippen molar-refractivity contribution < 1.29 is 23.8 Å². The number of esters is 2. The Balaban J connectivity index is 1.82. The molecule has 0 spiro atoms. The van der Waals surface area contributed by atoms with E-state index in [9.17, 15) is 14.4 Å². The molecule has 3 rings (SSSR count). The Kier molecular flexibility index (Phi) is 6.96. The Morgan fingerprint density at radius 1 is 1.17 bits per heavy atom. The zero-order valence-corrected chi connectivity index (χ0v) is 17.7. The Morgan fingerprint density at radius 3 is 2.60 bits per heavy atom. The van der Waals surface area contributed by atoms with Crippen molar-refractivity contribution in [1.82, 2.24) is 9.55 Å². The number of methoxy groups -OCH3 is 1. The van der Waals surface area contributed by atoms with Crippen molar-refractivity contribution in [2.45, 2.75) is 26.5 Å². The Morgan fingerprint density at radius 2 is 1.90 bits per heavy atom. The zero-order chi connectivity index (χ0) is 21.7. The smallest absolute Gasteiger partial charge is 0.348 e. The summed E-state index contributed by atoms with van der Waals surface area (Å²) in [7, 11) is 1.51. The lowest BCUT2D eigenvalue weighted by molar-refractivity contribution is -0.148. The molecule has 0 radical (unpaired) electrons. The van der Waals surface area contributed by atoms with Crippen molar-refractivity contribution >= 4 is 33.5 Å². The largest absolute Gasteiger partial charge is 0.459 e. The molecule has 0 N–H and O–H groups in total. The third kappa shape index (κ3) is 4.58. The zero-order valence-electron chi connectivity index (χ0n) is 16.9. The van der Waals surface area contributed by atoms with Gasteiger partial charge >= 0.3 is 11.9 Å². The Hall–Kier alpha value is -3.04. The van der Waals surface area contributed by atoms with Crippen LogP contribution in [-0.2, 0) is 25.6 Å². The van der Waals surface area contributed by atoms with Gasteiger partial charge in [0.1, 0.15) is 29.0 Å². The SMILES string of the molecule is COCCOC(=O)c1sc2ncn([C@H](C)C(=O)OCc3ccccc3)c(=O)c2c1C. The van der Waals surface area contributed by atoms with Crippen LogP contribution in [0.2, 0.25) is 0 Å². The molecule has 0 aliphatic rings. The molecule has 9 heteroatoms. The maximum Gasteiger partial charge on any atom is 0.348 e. The standard InChI is InChI=1S/C21H22N2O6S/c1-13-16-18(30-17(13)21(26)28-10-9-27-3)22-12-23(19(16)24)14(2)20(25)29-11-15-7-5-4-6-8-15/h4-8,12,14H,9-11H2,1-3H3/t14-/m1/s1. The van der Waals surface area contributed by atoms with Crippen molar-refractivity contribution in [1.29, 1.82) is 0 Å². The van der Waals surface area contributed by atoms with Crippen molar-refractivity contribution in [2.24, 2.45) is 0 Å². The predicted molar refractivity (Wildman–Crippen MR) is 112 cm³/mol. The van der Waals surface area contributed by atoms with Crippen LogP contribution in [0, 0.1) is 6.92 Å². The van der Waals surface area contributed by atoms with Gasteiger partial charge in [-0.3, -0.25) is 9.36 Å². The number of carbonyl (C=O) groups is 2. The number of fused-ring (bicyclic) bond motifs is 1. The first-order valence-corrected chi connectivity index (χ1v) is 10.1. The van der Waals surface area contributed by atoms with Crippen LogP contribution in [0.3, 0.4) is 0 Å². The lowest BCUT2D eigenvalue weighted by Crippen LogP contribution is -2.29. The Labute approximate surface area is 177 Å². The van der Waals surface area contributed by atoms with E-state index in [1.54, 1.807) is 13.8 Å². The molecule has 0 saturated carbocycles. The summed E-state index contributed by atoms with van der Waals surface area (Å²) in [6.07, 6.45) is 1.30. The summed E-state index contributed by atoms with van der Waals surface area (Å²) in [4.78, 5) is 42.8. The van der Waals surface area contributed by atoms with Crippen LogP contribution in [-0.4, -0.2) is 41.8 Å².